The summed E-state index contributed by atoms with van der Waals surface area (Å²) in [5.74, 6) is 2.20. The normalized spacial score (nSPS) is 14.1. The summed E-state index contributed by atoms with van der Waals surface area (Å²) >= 11 is 0. The van der Waals surface area contributed by atoms with Gasteiger partial charge in [0, 0.05) is 44.4 Å². The second-order valence-electron chi connectivity index (χ2n) is 15.7. The number of carboxylic acid groups (broad SMARTS) is 1. The van der Waals surface area contributed by atoms with Crippen LogP contribution in [0.5, 0.6) is 11.5 Å². The Labute approximate surface area is 388 Å². The highest BCUT2D eigenvalue weighted by Gasteiger charge is 2.37. The summed E-state index contributed by atoms with van der Waals surface area (Å²) in [6.07, 6.45) is 11.3. The SMILES string of the molecule is CCC.CNCC(=O)N[C@@H](C)/C=C\CCc1ncc(-c2ccc(-c3ccc(-c4cnc(C5CCCN5C(=O)C(NC(=O)OC)C(C)C)[nH]4)c(OCCOC)c3OCCOC)cc2)[nH]1.O=CO. The number of likely N-dealkylation sites (N-methyl/N-ethyl adjacent to an activating group) is 1. The van der Waals surface area contributed by atoms with E-state index in [1.54, 1.807) is 32.4 Å². The summed E-state index contributed by atoms with van der Waals surface area (Å²) in [5, 5.41) is 15.4. The maximum absolute atomic E-state index is 13.8. The molecule has 3 heterocycles. The predicted octanol–water partition coefficient (Wildman–Crippen LogP) is 6.56. The van der Waals surface area contributed by atoms with Crippen molar-refractivity contribution in [1.82, 2.24) is 40.8 Å². The van der Waals surface area contributed by atoms with Crippen molar-refractivity contribution in [2.24, 2.45) is 5.92 Å². The number of rotatable bonds is 22. The van der Waals surface area contributed by atoms with Crippen molar-refractivity contribution in [2.45, 2.75) is 84.8 Å². The largest absolute Gasteiger partial charge is 0.487 e. The van der Waals surface area contributed by atoms with E-state index < -0.39 is 12.1 Å². The summed E-state index contributed by atoms with van der Waals surface area (Å²) in [6.45, 7) is 11.8. The van der Waals surface area contributed by atoms with Crippen LogP contribution in [0.4, 0.5) is 4.79 Å². The number of alkyl carbamates (subject to hydrolysis) is 1. The topological polar surface area (TPSA) is 231 Å². The van der Waals surface area contributed by atoms with Crippen LogP contribution >= 0.6 is 0 Å². The number of aryl methyl sites for hydroxylation is 1. The van der Waals surface area contributed by atoms with Gasteiger partial charge in [0.1, 0.15) is 30.9 Å². The summed E-state index contributed by atoms with van der Waals surface area (Å²) < 4.78 is 28.4. The number of benzene rings is 2. The van der Waals surface area contributed by atoms with Crippen molar-refractivity contribution in [3.63, 3.8) is 0 Å². The van der Waals surface area contributed by atoms with Gasteiger partial charge < -0.3 is 59.6 Å². The van der Waals surface area contributed by atoms with Gasteiger partial charge in [-0.25, -0.2) is 14.8 Å². The Morgan fingerprint density at radius 2 is 1.47 bits per heavy atom. The number of methoxy groups -OCH3 is 3. The molecule has 6 N–H and O–H groups in total. The van der Waals surface area contributed by atoms with Crippen LogP contribution in [0.3, 0.4) is 0 Å². The van der Waals surface area contributed by atoms with E-state index >= 15 is 0 Å². The molecule has 5 rings (SSSR count). The predicted molar refractivity (Wildman–Crippen MR) is 253 cm³/mol. The smallest absolute Gasteiger partial charge is 0.407 e. The molecule has 1 aliphatic heterocycles. The number of carbonyl (C=O) groups is 4. The van der Waals surface area contributed by atoms with Crippen LogP contribution in [0.25, 0.3) is 33.6 Å². The molecule has 0 radical (unpaired) electrons. The fourth-order valence-electron chi connectivity index (χ4n) is 7.08. The average molecular weight is 919 g/mol. The van der Waals surface area contributed by atoms with Gasteiger partial charge in [-0.05, 0) is 62.4 Å². The Morgan fingerprint density at radius 3 is 2.08 bits per heavy atom. The number of allylic oxidation sites excluding steroid dienone is 1. The number of nitrogens with one attached hydrogen (secondary N) is 5. The number of amides is 3. The molecule has 0 saturated carbocycles. The molecule has 0 bridgehead atoms. The minimum Gasteiger partial charge on any atom is -0.487 e. The van der Waals surface area contributed by atoms with E-state index in [-0.39, 0.29) is 56.0 Å². The molecule has 18 heteroatoms. The summed E-state index contributed by atoms with van der Waals surface area (Å²) in [7, 11) is 6.27. The number of ether oxygens (including phenoxy) is 5. The Hall–Kier alpha value is -6.24. The van der Waals surface area contributed by atoms with Crippen molar-refractivity contribution in [2.75, 3.05) is 67.9 Å². The second-order valence-corrected chi connectivity index (χ2v) is 15.7. The third-order valence-corrected chi connectivity index (χ3v) is 10.1. The van der Waals surface area contributed by atoms with Gasteiger partial charge in [0.2, 0.25) is 11.8 Å². The molecule has 2 aromatic heterocycles. The third kappa shape index (κ3) is 16.3. The van der Waals surface area contributed by atoms with Gasteiger partial charge in [-0.1, -0.05) is 70.5 Å². The third-order valence-electron chi connectivity index (χ3n) is 10.1. The van der Waals surface area contributed by atoms with Crippen molar-refractivity contribution in [3.05, 3.63) is 72.6 Å². The standard InChI is InChI=1S/C44H60N8O8.C3H8.CH2O2/c1-28(2)39(51-44(55)58-7)43(54)52-20-10-12-36(52)42-47-26-35(50-42)33-19-18-32(40(59-23-21-56-5)41(33)60-24-22-57-6)30-14-16-31(17-15-30)34-25-46-37(49-34)13-9-8-11-29(3)48-38(53)27-45-4;1-3-2;2-1-3/h8,11,14-19,25-26,28-29,36,39,45H,9-10,12-13,20-24,27H2,1-7H3,(H,46,49)(H,47,50)(H,48,53)(H,51,55);3H2,1-2H3;1H,(H,2,3)/b11-8-;;/t29-,36?,39?;;/m0../s1. The average Bonchev–Trinajstić information content (AvgIpc) is 4.10. The molecule has 1 fully saturated rings. The number of hydrogen-bond donors (Lipinski definition) is 6. The second kappa shape index (κ2) is 29.3. The fraction of sp³-hybridized carbons (Fsp3) is 0.500. The molecule has 18 nitrogen and oxygen atoms in total. The zero-order chi connectivity index (χ0) is 48.4. The quantitative estimate of drug-likeness (QED) is 0.0279. The highest BCUT2D eigenvalue weighted by atomic mass is 16.6. The molecule has 3 atom stereocenters. The molecule has 0 spiro atoms. The maximum atomic E-state index is 13.8. The monoisotopic (exact) mass is 919 g/mol. The van der Waals surface area contributed by atoms with Gasteiger partial charge in [0.05, 0.1) is 56.7 Å². The van der Waals surface area contributed by atoms with Crippen molar-refractivity contribution >= 4 is 24.4 Å². The van der Waals surface area contributed by atoms with Crippen molar-refractivity contribution in [3.8, 4) is 45.1 Å². The summed E-state index contributed by atoms with van der Waals surface area (Å²) in [5.41, 5.74) is 5.05. The molecule has 0 aliphatic carbocycles. The van der Waals surface area contributed by atoms with Crippen LogP contribution in [-0.4, -0.2) is 134 Å². The highest BCUT2D eigenvalue weighted by Crippen LogP contribution is 2.45. The fourth-order valence-corrected chi connectivity index (χ4v) is 7.08. The number of likely N-dealkylation sites (tertiary alicyclic amines) is 1. The van der Waals surface area contributed by atoms with Crippen molar-refractivity contribution < 1.29 is 48.0 Å². The lowest BCUT2D eigenvalue weighted by Crippen LogP contribution is -2.51. The van der Waals surface area contributed by atoms with Gasteiger partial charge in [0.15, 0.2) is 11.5 Å². The van der Waals surface area contributed by atoms with Crippen LogP contribution in [0.1, 0.15) is 78.0 Å². The van der Waals surface area contributed by atoms with E-state index in [9.17, 15) is 14.4 Å². The van der Waals surface area contributed by atoms with Crippen LogP contribution in [-0.2, 0) is 35.0 Å². The van der Waals surface area contributed by atoms with Crippen LogP contribution < -0.4 is 25.4 Å². The number of carbonyl (C=O) groups excluding carboxylic acids is 3. The first-order valence-electron chi connectivity index (χ1n) is 22.3. The zero-order valence-electron chi connectivity index (χ0n) is 39.9. The van der Waals surface area contributed by atoms with Crippen LogP contribution in [0.15, 0.2) is 60.9 Å². The minimum atomic E-state index is -0.739. The Bertz CT molecular complexity index is 2100. The van der Waals surface area contributed by atoms with E-state index in [1.165, 1.54) is 13.5 Å². The number of aromatic amines is 2. The summed E-state index contributed by atoms with van der Waals surface area (Å²) in [4.78, 5) is 64.1. The molecule has 4 aromatic rings. The number of imidazole rings is 2. The zero-order valence-corrected chi connectivity index (χ0v) is 39.9. The Morgan fingerprint density at radius 1 is 0.864 bits per heavy atom. The first-order valence-corrected chi connectivity index (χ1v) is 22.3. The van der Waals surface area contributed by atoms with Gasteiger partial charge in [-0.15, -0.1) is 0 Å². The molecule has 1 saturated heterocycles. The van der Waals surface area contributed by atoms with Crippen LogP contribution in [0, 0.1) is 5.92 Å². The number of nitrogens with zero attached hydrogens (tertiary/aromatic N) is 3. The van der Waals surface area contributed by atoms with E-state index in [0.717, 1.165) is 59.5 Å². The van der Waals surface area contributed by atoms with E-state index in [4.69, 9.17) is 38.6 Å². The molecule has 66 heavy (non-hydrogen) atoms. The molecule has 362 valence electrons. The van der Waals surface area contributed by atoms with Gasteiger partial charge in [-0.2, -0.15) is 0 Å². The lowest BCUT2D eigenvalue weighted by atomic mass is 9.98. The van der Waals surface area contributed by atoms with E-state index in [2.05, 4.69) is 50.8 Å². The van der Waals surface area contributed by atoms with E-state index in [1.807, 2.05) is 69.4 Å². The molecular formula is C48H70N8O10. The minimum absolute atomic E-state index is 0.0423. The molecule has 2 unspecified atom stereocenters. The Kier molecular flexibility index (Phi) is 24.0. The lowest BCUT2D eigenvalue weighted by molar-refractivity contribution is -0.135. The van der Waals surface area contributed by atoms with Gasteiger partial charge in [-0.3, -0.25) is 14.4 Å². The van der Waals surface area contributed by atoms with Crippen LogP contribution in [0.2, 0.25) is 0 Å². The Balaban J connectivity index is 0.00000182. The number of hydrogen-bond acceptors (Lipinski definition) is 12. The maximum Gasteiger partial charge on any atom is 0.407 e. The molecule has 3 amide bonds. The van der Waals surface area contributed by atoms with Gasteiger partial charge >= 0.3 is 6.09 Å². The summed E-state index contributed by atoms with van der Waals surface area (Å²) in [6, 6.07) is 11.0. The van der Waals surface area contributed by atoms with Gasteiger partial charge in [0.25, 0.3) is 6.47 Å². The highest BCUT2D eigenvalue weighted by molar-refractivity contribution is 5.87. The van der Waals surface area contributed by atoms with Crippen molar-refractivity contribution in [1.29, 1.82) is 0 Å². The van der Waals surface area contributed by atoms with E-state index in [0.29, 0.717) is 42.8 Å². The lowest BCUT2D eigenvalue weighted by Gasteiger charge is -2.30. The first kappa shape index (κ1) is 54.1. The molecule has 1 aliphatic rings. The number of H-pyrrole nitrogens is 2. The molecular weight excluding hydrogens is 849 g/mol. The first-order chi connectivity index (χ1) is 31.9. The molecule has 2 aromatic carbocycles. The number of aromatic nitrogens is 4.